The lowest BCUT2D eigenvalue weighted by Gasteiger charge is -2.16. The maximum atomic E-state index is 10.6. The van der Waals surface area contributed by atoms with Crippen LogP contribution in [-0.4, -0.2) is 19.1 Å². The van der Waals surface area contributed by atoms with Gasteiger partial charge in [-0.1, -0.05) is 12.1 Å². The SMILES string of the molecule is NC(=O)NCCNC(c1cccs1)c1cccs1. The molecular weight excluding hydrogens is 266 g/mol. The first-order valence-corrected chi connectivity index (χ1v) is 7.37. The van der Waals surface area contributed by atoms with Crippen molar-refractivity contribution in [1.29, 1.82) is 0 Å². The number of rotatable bonds is 6. The van der Waals surface area contributed by atoms with Crippen LogP contribution in [0.3, 0.4) is 0 Å². The normalized spacial score (nSPS) is 10.7. The number of urea groups is 1. The van der Waals surface area contributed by atoms with E-state index in [0.29, 0.717) is 13.1 Å². The molecule has 0 saturated carbocycles. The molecule has 0 radical (unpaired) electrons. The third-order valence-corrected chi connectivity index (χ3v) is 4.30. The fourth-order valence-corrected chi connectivity index (χ4v) is 3.36. The zero-order valence-electron chi connectivity index (χ0n) is 9.76. The van der Waals surface area contributed by atoms with Crippen LogP contribution in [0.15, 0.2) is 35.0 Å². The number of hydrogen-bond donors (Lipinski definition) is 3. The van der Waals surface area contributed by atoms with Crippen LogP contribution in [0.5, 0.6) is 0 Å². The molecule has 0 saturated heterocycles. The highest BCUT2D eigenvalue weighted by Crippen LogP contribution is 2.28. The summed E-state index contributed by atoms with van der Waals surface area (Å²) in [7, 11) is 0. The van der Waals surface area contributed by atoms with Gasteiger partial charge in [0.05, 0.1) is 6.04 Å². The Balaban J connectivity index is 1.96. The van der Waals surface area contributed by atoms with Gasteiger partial charge in [-0.25, -0.2) is 4.79 Å². The molecule has 0 aliphatic heterocycles. The van der Waals surface area contributed by atoms with E-state index in [1.807, 2.05) is 12.1 Å². The predicted molar refractivity (Wildman–Crippen MR) is 76.1 cm³/mol. The molecule has 0 bridgehead atoms. The van der Waals surface area contributed by atoms with Gasteiger partial charge in [-0.05, 0) is 22.9 Å². The van der Waals surface area contributed by atoms with Crippen LogP contribution in [0, 0.1) is 0 Å². The minimum Gasteiger partial charge on any atom is -0.352 e. The van der Waals surface area contributed by atoms with Crippen LogP contribution in [0.1, 0.15) is 15.8 Å². The van der Waals surface area contributed by atoms with Gasteiger partial charge in [-0.15, -0.1) is 22.7 Å². The van der Waals surface area contributed by atoms with Gasteiger partial charge in [-0.3, -0.25) is 0 Å². The number of amides is 2. The molecule has 2 aromatic heterocycles. The lowest BCUT2D eigenvalue weighted by molar-refractivity contribution is 0.249. The average molecular weight is 281 g/mol. The molecule has 2 heterocycles. The van der Waals surface area contributed by atoms with Crippen molar-refractivity contribution in [2.24, 2.45) is 5.73 Å². The number of carbonyl (C=O) groups is 1. The summed E-state index contributed by atoms with van der Waals surface area (Å²) in [5, 5.41) is 10.1. The van der Waals surface area contributed by atoms with Crippen LogP contribution in [0.25, 0.3) is 0 Å². The summed E-state index contributed by atoms with van der Waals surface area (Å²) in [4.78, 5) is 13.1. The van der Waals surface area contributed by atoms with E-state index >= 15 is 0 Å². The van der Waals surface area contributed by atoms with Crippen molar-refractivity contribution in [3.05, 3.63) is 44.8 Å². The number of nitrogens with two attached hydrogens (primary N) is 1. The molecule has 96 valence electrons. The van der Waals surface area contributed by atoms with Crippen LogP contribution in [0.4, 0.5) is 4.79 Å². The maximum absolute atomic E-state index is 10.6. The molecular formula is C12H15N3OS2. The van der Waals surface area contributed by atoms with Gasteiger partial charge in [0.15, 0.2) is 0 Å². The van der Waals surface area contributed by atoms with Gasteiger partial charge in [0, 0.05) is 22.8 Å². The topological polar surface area (TPSA) is 67.2 Å². The van der Waals surface area contributed by atoms with Gasteiger partial charge in [0.2, 0.25) is 0 Å². The Kier molecular flexibility index (Phi) is 4.74. The number of nitrogens with one attached hydrogen (secondary N) is 2. The third-order valence-electron chi connectivity index (χ3n) is 2.43. The van der Waals surface area contributed by atoms with E-state index in [9.17, 15) is 4.79 Å². The molecule has 0 aliphatic carbocycles. The number of hydrogen-bond acceptors (Lipinski definition) is 4. The molecule has 2 rings (SSSR count). The Morgan fingerprint density at radius 3 is 2.22 bits per heavy atom. The van der Waals surface area contributed by atoms with Gasteiger partial charge >= 0.3 is 6.03 Å². The number of thiophene rings is 2. The second-order valence-electron chi connectivity index (χ2n) is 3.71. The van der Waals surface area contributed by atoms with Gasteiger partial charge < -0.3 is 16.4 Å². The van der Waals surface area contributed by atoms with E-state index in [1.165, 1.54) is 9.75 Å². The summed E-state index contributed by atoms with van der Waals surface area (Å²) in [6.07, 6.45) is 0. The third kappa shape index (κ3) is 3.56. The second-order valence-corrected chi connectivity index (χ2v) is 5.67. The Labute approximate surface area is 114 Å². The monoisotopic (exact) mass is 281 g/mol. The molecule has 0 fully saturated rings. The van der Waals surface area contributed by atoms with E-state index in [4.69, 9.17) is 5.73 Å². The summed E-state index contributed by atoms with van der Waals surface area (Å²) in [6, 6.07) is 8.03. The summed E-state index contributed by atoms with van der Waals surface area (Å²) in [6.45, 7) is 1.21. The highest BCUT2D eigenvalue weighted by atomic mass is 32.1. The standard InChI is InChI=1S/C12H15N3OS2/c13-12(16)15-6-5-14-11(9-3-1-7-17-9)10-4-2-8-18-10/h1-4,7-8,11,14H,5-6H2,(H3,13,15,16). The minimum absolute atomic E-state index is 0.194. The number of carbonyl (C=O) groups excluding carboxylic acids is 1. The summed E-state index contributed by atoms with van der Waals surface area (Å²) in [5.41, 5.74) is 5.02. The Morgan fingerprint density at radius 2 is 1.78 bits per heavy atom. The van der Waals surface area contributed by atoms with Crippen LogP contribution in [0.2, 0.25) is 0 Å². The minimum atomic E-state index is -0.486. The van der Waals surface area contributed by atoms with E-state index in [1.54, 1.807) is 22.7 Å². The Morgan fingerprint density at radius 1 is 1.17 bits per heavy atom. The molecule has 4 nitrogen and oxygen atoms in total. The fourth-order valence-electron chi connectivity index (χ4n) is 1.65. The molecule has 0 unspecified atom stereocenters. The first-order chi connectivity index (χ1) is 8.77. The molecule has 4 N–H and O–H groups in total. The van der Waals surface area contributed by atoms with E-state index in [0.717, 1.165) is 0 Å². The first kappa shape index (κ1) is 13.1. The molecule has 2 aromatic rings. The highest BCUT2D eigenvalue weighted by molar-refractivity contribution is 7.11. The van der Waals surface area contributed by atoms with E-state index in [-0.39, 0.29) is 6.04 Å². The zero-order valence-corrected chi connectivity index (χ0v) is 11.4. The summed E-state index contributed by atoms with van der Waals surface area (Å²) >= 11 is 3.45. The largest absolute Gasteiger partial charge is 0.352 e. The van der Waals surface area contributed by atoms with Crippen molar-refractivity contribution in [1.82, 2.24) is 10.6 Å². The highest BCUT2D eigenvalue weighted by Gasteiger charge is 2.15. The van der Waals surface area contributed by atoms with E-state index in [2.05, 4.69) is 33.5 Å². The Hall–Kier alpha value is -1.37. The van der Waals surface area contributed by atoms with Crippen molar-refractivity contribution < 1.29 is 4.79 Å². The molecule has 0 aromatic carbocycles. The number of primary amides is 1. The zero-order chi connectivity index (χ0) is 12.8. The van der Waals surface area contributed by atoms with Gasteiger partial charge in [0.25, 0.3) is 0 Å². The smallest absolute Gasteiger partial charge is 0.312 e. The molecule has 0 spiro atoms. The van der Waals surface area contributed by atoms with E-state index < -0.39 is 6.03 Å². The molecule has 18 heavy (non-hydrogen) atoms. The second kappa shape index (κ2) is 6.53. The molecule has 0 aliphatic rings. The fraction of sp³-hybridized carbons (Fsp3) is 0.250. The molecule has 0 atom stereocenters. The quantitative estimate of drug-likeness (QED) is 0.710. The first-order valence-electron chi connectivity index (χ1n) is 5.61. The average Bonchev–Trinajstić information content (AvgIpc) is 3.01. The van der Waals surface area contributed by atoms with Gasteiger partial charge in [-0.2, -0.15) is 0 Å². The van der Waals surface area contributed by atoms with Crippen LogP contribution in [-0.2, 0) is 0 Å². The summed E-state index contributed by atoms with van der Waals surface area (Å²) in [5.74, 6) is 0. The van der Waals surface area contributed by atoms with Crippen LogP contribution < -0.4 is 16.4 Å². The van der Waals surface area contributed by atoms with Crippen molar-refractivity contribution in [3.8, 4) is 0 Å². The Bertz CT molecular complexity index is 433. The summed E-state index contributed by atoms with van der Waals surface area (Å²) < 4.78 is 0. The lowest BCUT2D eigenvalue weighted by atomic mass is 10.2. The van der Waals surface area contributed by atoms with Crippen molar-refractivity contribution >= 4 is 28.7 Å². The van der Waals surface area contributed by atoms with Crippen LogP contribution >= 0.6 is 22.7 Å². The lowest BCUT2D eigenvalue weighted by Crippen LogP contribution is -2.36. The van der Waals surface area contributed by atoms with Gasteiger partial charge in [0.1, 0.15) is 0 Å². The molecule has 2 amide bonds. The van der Waals surface area contributed by atoms with Crippen molar-refractivity contribution in [2.45, 2.75) is 6.04 Å². The van der Waals surface area contributed by atoms with Crippen molar-refractivity contribution in [2.75, 3.05) is 13.1 Å². The molecule has 6 heteroatoms. The predicted octanol–water partition coefficient (Wildman–Crippen LogP) is 2.16. The maximum Gasteiger partial charge on any atom is 0.312 e. The van der Waals surface area contributed by atoms with Crippen molar-refractivity contribution in [3.63, 3.8) is 0 Å².